The van der Waals surface area contributed by atoms with Gasteiger partial charge in [-0.3, -0.25) is 4.79 Å². The molecule has 1 aromatic rings. The summed E-state index contributed by atoms with van der Waals surface area (Å²) in [5.41, 5.74) is 2.37. The van der Waals surface area contributed by atoms with E-state index in [1.807, 2.05) is 19.1 Å². The van der Waals surface area contributed by atoms with Crippen molar-refractivity contribution in [1.29, 1.82) is 0 Å². The summed E-state index contributed by atoms with van der Waals surface area (Å²) in [6.45, 7) is 4.20. The summed E-state index contributed by atoms with van der Waals surface area (Å²) in [4.78, 5) is 11.0. The Bertz CT molecular complexity index is 459. The molecule has 1 aromatic carbocycles. The van der Waals surface area contributed by atoms with E-state index in [4.69, 9.17) is 9.47 Å². The number of benzene rings is 1. The number of esters is 1. The number of methoxy groups -OCH3 is 1. The van der Waals surface area contributed by atoms with Gasteiger partial charge in [0.25, 0.3) is 0 Å². The minimum Gasteiger partial charge on any atom is -0.486 e. The van der Waals surface area contributed by atoms with E-state index in [0.717, 1.165) is 24.5 Å². The van der Waals surface area contributed by atoms with Crippen molar-refractivity contribution in [2.24, 2.45) is 0 Å². The van der Waals surface area contributed by atoms with Crippen molar-refractivity contribution < 1.29 is 19.0 Å². The SMILES string of the molecule is COC(=O)CNCCc1cc2c(cc1C)OCCO2. The largest absolute Gasteiger partial charge is 0.486 e. The molecule has 1 N–H and O–H groups in total. The average molecular weight is 265 g/mol. The first-order chi connectivity index (χ1) is 9.20. The van der Waals surface area contributed by atoms with Crippen molar-refractivity contribution in [3.05, 3.63) is 23.3 Å². The van der Waals surface area contributed by atoms with Crippen molar-refractivity contribution in [1.82, 2.24) is 5.32 Å². The molecule has 1 aliphatic heterocycles. The number of carbonyl (C=O) groups excluding carboxylic acids is 1. The molecule has 0 unspecified atom stereocenters. The third kappa shape index (κ3) is 3.61. The van der Waals surface area contributed by atoms with E-state index in [1.165, 1.54) is 18.2 Å². The quantitative estimate of drug-likeness (QED) is 0.637. The van der Waals surface area contributed by atoms with E-state index in [0.29, 0.717) is 13.2 Å². The summed E-state index contributed by atoms with van der Waals surface area (Å²) >= 11 is 0. The first-order valence-corrected chi connectivity index (χ1v) is 6.37. The maximum absolute atomic E-state index is 11.0. The second kappa shape index (κ2) is 6.43. The van der Waals surface area contributed by atoms with E-state index in [-0.39, 0.29) is 12.5 Å². The zero-order valence-corrected chi connectivity index (χ0v) is 11.3. The van der Waals surface area contributed by atoms with Crippen molar-refractivity contribution in [2.75, 3.05) is 33.4 Å². The van der Waals surface area contributed by atoms with E-state index < -0.39 is 0 Å². The van der Waals surface area contributed by atoms with Crippen molar-refractivity contribution in [3.63, 3.8) is 0 Å². The van der Waals surface area contributed by atoms with Gasteiger partial charge < -0.3 is 19.5 Å². The Morgan fingerprint density at radius 2 is 2.00 bits per heavy atom. The molecular formula is C14H19NO4. The van der Waals surface area contributed by atoms with Gasteiger partial charge in [0.15, 0.2) is 11.5 Å². The lowest BCUT2D eigenvalue weighted by molar-refractivity contribution is -0.139. The normalized spacial score (nSPS) is 13.2. The van der Waals surface area contributed by atoms with Crippen LogP contribution in [0.3, 0.4) is 0 Å². The molecule has 1 aliphatic rings. The lowest BCUT2D eigenvalue weighted by Crippen LogP contribution is -2.26. The van der Waals surface area contributed by atoms with Gasteiger partial charge in [-0.25, -0.2) is 0 Å². The van der Waals surface area contributed by atoms with Crippen LogP contribution >= 0.6 is 0 Å². The van der Waals surface area contributed by atoms with E-state index in [9.17, 15) is 4.79 Å². The maximum Gasteiger partial charge on any atom is 0.319 e. The highest BCUT2D eigenvalue weighted by Crippen LogP contribution is 2.32. The van der Waals surface area contributed by atoms with Crippen LogP contribution in [-0.4, -0.2) is 39.4 Å². The number of nitrogens with one attached hydrogen (secondary N) is 1. The minimum absolute atomic E-state index is 0.236. The van der Waals surface area contributed by atoms with Gasteiger partial charge in [0, 0.05) is 0 Å². The number of carbonyl (C=O) groups is 1. The number of fused-ring (bicyclic) bond motifs is 1. The fourth-order valence-corrected chi connectivity index (χ4v) is 1.99. The summed E-state index contributed by atoms with van der Waals surface area (Å²) in [7, 11) is 1.38. The van der Waals surface area contributed by atoms with Gasteiger partial charge in [0.1, 0.15) is 13.2 Å². The molecule has 1 heterocycles. The van der Waals surface area contributed by atoms with Gasteiger partial charge in [-0.1, -0.05) is 0 Å². The molecule has 5 heteroatoms. The number of aryl methyl sites for hydroxylation is 1. The van der Waals surface area contributed by atoms with Gasteiger partial charge in [0.05, 0.1) is 13.7 Å². The highest BCUT2D eigenvalue weighted by Gasteiger charge is 2.13. The summed E-state index contributed by atoms with van der Waals surface area (Å²) in [5.74, 6) is 1.37. The lowest BCUT2D eigenvalue weighted by Gasteiger charge is -2.20. The Morgan fingerprint density at radius 3 is 2.68 bits per heavy atom. The molecule has 0 amide bonds. The standard InChI is InChI=1S/C14H19NO4/c1-10-7-12-13(19-6-5-18-12)8-11(10)3-4-15-9-14(16)17-2/h7-8,15H,3-6,9H2,1-2H3. The smallest absolute Gasteiger partial charge is 0.319 e. The van der Waals surface area contributed by atoms with Gasteiger partial charge in [-0.05, 0) is 43.1 Å². The van der Waals surface area contributed by atoms with Crippen LogP contribution in [0.2, 0.25) is 0 Å². The maximum atomic E-state index is 11.0. The van der Waals surface area contributed by atoms with Crippen molar-refractivity contribution in [2.45, 2.75) is 13.3 Å². The van der Waals surface area contributed by atoms with Crippen LogP contribution in [0.15, 0.2) is 12.1 Å². The van der Waals surface area contributed by atoms with Gasteiger partial charge in [-0.2, -0.15) is 0 Å². The Labute approximate surface area is 112 Å². The third-order valence-corrected chi connectivity index (χ3v) is 3.07. The van der Waals surface area contributed by atoms with E-state index in [1.54, 1.807) is 0 Å². The molecule has 0 radical (unpaired) electrons. The molecule has 0 aromatic heterocycles. The highest BCUT2D eigenvalue weighted by molar-refractivity contribution is 5.71. The molecule has 0 aliphatic carbocycles. The molecule has 0 spiro atoms. The molecule has 0 bridgehead atoms. The Hall–Kier alpha value is -1.75. The van der Waals surface area contributed by atoms with Gasteiger partial charge in [0.2, 0.25) is 0 Å². The summed E-state index contributed by atoms with van der Waals surface area (Å²) in [6, 6.07) is 4.02. The zero-order valence-electron chi connectivity index (χ0n) is 11.3. The van der Waals surface area contributed by atoms with Gasteiger partial charge >= 0.3 is 5.97 Å². The second-order valence-corrected chi connectivity index (χ2v) is 4.43. The lowest BCUT2D eigenvalue weighted by atomic mass is 10.0. The number of hydrogen-bond acceptors (Lipinski definition) is 5. The average Bonchev–Trinajstić information content (AvgIpc) is 2.43. The third-order valence-electron chi connectivity index (χ3n) is 3.07. The van der Waals surface area contributed by atoms with Crippen LogP contribution in [0.1, 0.15) is 11.1 Å². The zero-order chi connectivity index (χ0) is 13.7. The molecular weight excluding hydrogens is 246 g/mol. The minimum atomic E-state index is -0.251. The summed E-state index contributed by atoms with van der Waals surface area (Å²) in [6.07, 6.45) is 0.833. The van der Waals surface area contributed by atoms with Crippen LogP contribution in [0.25, 0.3) is 0 Å². The molecule has 5 nitrogen and oxygen atoms in total. The first-order valence-electron chi connectivity index (χ1n) is 6.37. The Balaban J connectivity index is 1.91. The fraction of sp³-hybridized carbons (Fsp3) is 0.500. The monoisotopic (exact) mass is 265 g/mol. The van der Waals surface area contributed by atoms with Crippen LogP contribution in [0, 0.1) is 6.92 Å². The van der Waals surface area contributed by atoms with E-state index >= 15 is 0 Å². The van der Waals surface area contributed by atoms with Crippen LogP contribution in [-0.2, 0) is 16.0 Å². The molecule has 104 valence electrons. The first kappa shape index (κ1) is 13.7. The molecule has 19 heavy (non-hydrogen) atoms. The van der Waals surface area contributed by atoms with Crippen molar-refractivity contribution in [3.8, 4) is 11.5 Å². The fourth-order valence-electron chi connectivity index (χ4n) is 1.99. The molecule has 0 saturated carbocycles. The summed E-state index contributed by atoms with van der Waals surface area (Å²) in [5, 5.41) is 3.05. The van der Waals surface area contributed by atoms with Crippen LogP contribution in [0.5, 0.6) is 11.5 Å². The Kier molecular flexibility index (Phi) is 4.63. The molecule has 0 saturated heterocycles. The summed E-state index contributed by atoms with van der Waals surface area (Å²) < 4.78 is 15.7. The van der Waals surface area contributed by atoms with Gasteiger partial charge in [-0.15, -0.1) is 0 Å². The van der Waals surface area contributed by atoms with Crippen LogP contribution in [0.4, 0.5) is 0 Å². The predicted octanol–water partition coefficient (Wildman–Crippen LogP) is 1.07. The molecule has 2 rings (SSSR count). The second-order valence-electron chi connectivity index (χ2n) is 4.43. The molecule has 0 atom stereocenters. The Morgan fingerprint density at radius 1 is 1.32 bits per heavy atom. The van der Waals surface area contributed by atoms with E-state index in [2.05, 4.69) is 10.1 Å². The number of ether oxygens (including phenoxy) is 3. The topological polar surface area (TPSA) is 56.8 Å². The number of hydrogen-bond donors (Lipinski definition) is 1. The highest BCUT2D eigenvalue weighted by atomic mass is 16.6. The predicted molar refractivity (Wildman–Crippen MR) is 70.8 cm³/mol. The van der Waals surface area contributed by atoms with Crippen molar-refractivity contribution >= 4 is 5.97 Å². The van der Waals surface area contributed by atoms with Crippen LogP contribution < -0.4 is 14.8 Å². The number of rotatable bonds is 5. The molecule has 0 fully saturated rings.